The van der Waals surface area contributed by atoms with Gasteiger partial charge in [0.15, 0.2) is 0 Å². The van der Waals surface area contributed by atoms with Crippen LogP contribution in [0.25, 0.3) is 0 Å². The Bertz CT molecular complexity index is 373. The number of hydrogen-bond acceptors (Lipinski definition) is 1. The predicted molar refractivity (Wildman–Crippen MR) is 84.7 cm³/mol. The molecule has 1 nitrogen and oxygen atoms in total. The van der Waals surface area contributed by atoms with Gasteiger partial charge in [-0.05, 0) is 49.5 Å². The summed E-state index contributed by atoms with van der Waals surface area (Å²) >= 11 is 0. The van der Waals surface area contributed by atoms with Crippen molar-refractivity contribution in [1.82, 2.24) is 0 Å². The van der Waals surface area contributed by atoms with E-state index in [-0.39, 0.29) is 0 Å². The molecule has 0 radical (unpaired) electrons. The summed E-state index contributed by atoms with van der Waals surface area (Å²) in [5.74, 6) is 3.13. The van der Waals surface area contributed by atoms with Crippen molar-refractivity contribution in [3.8, 4) is 0 Å². The molecule has 2 rings (SSSR count). The molecule has 2 aliphatic rings. The largest absolute Gasteiger partial charge is 0.289 e. The van der Waals surface area contributed by atoms with Gasteiger partial charge in [0.25, 0.3) is 0 Å². The first-order valence-corrected chi connectivity index (χ1v) is 8.23. The first kappa shape index (κ1) is 14.8. The maximum Gasteiger partial charge on any atom is 0.0604 e. The van der Waals surface area contributed by atoms with E-state index in [0.29, 0.717) is 11.8 Å². The zero-order valence-corrected chi connectivity index (χ0v) is 13.5. The molecule has 0 spiro atoms. The first-order valence-electron chi connectivity index (χ1n) is 8.23. The highest BCUT2D eigenvalue weighted by Crippen LogP contribution is 2.38. The van der Waals surface area contributed by atoms with Gasteiger partial charge >= 0.3 is 0 Å². The van der Waals surface area contributed by atoms with Crippen LogP contribution in [-0.2, 0) is 0 Å². The van der Waals surface area contributed by atoms with Gasteiger partial charge in [-0.3, -0.25) is 4.99 Å². The molecule has 2 unspecified atom stereocenters. The highest BCUT2D eigenvalue weighted by Gasteiger charge is 2.28. The van der Waals surface area contributed by atoms with Crippen molar-refractivity contribution in [3.63, 3.8) is 0 Å². The molecule has 0 bridgehead atoms. The van der Waals surface area contributed by atoms with E-state index in [4.69, 9.17) is 4.99 Å². The minimum atomic E-state index is 0.672. The Balaban J connectivity index is 2.22. The molecule has 0 aromatic carbocycles. The standard InChI is InChI=1S/C18H31N/c1-12(2)15-7-6-8-16-14(5)19-11-18(13(3)4)17(16)10-9-15/h12-13,15-16H,6-11H2,1-5H3. The lowest BCUT2D eigenvalue weighted by molar-refractivity contribution is 0.306. The van der Waals surface area contributed by atoms with Crippen LogP contribution in [0.15, 0.2) is 16.1 Å². The van der Waals surface area contributed by atoms with Crippen molar-refractivity contribution in [2.24, 2.45) is 28.7 Å². The first-order chi connectivity index (χ1) is 9.00. The van der Waals surface area contributed by atoms with E-state index in [1.54, 1.807) is 11.1 Å². The Morgan fingerprint density at radius 2 is 1.79 bits per heavy atom. The summed E-state index contributed by atoms with van der Waals surface area (Å²) < 4.78 is 0. The maximum absolute atomic E-state index is 4.80. The Hall–Kier alpha value is -0.590. The number of rotatable bonds is 2. The van der Waals surface area contributed by atoms with Crippen molar-refractivity contribution in [3.05, 3.63) is 11.1 Å². The van der Waals surface area contributed by atoms with Gasteiger partial charge in [-0.15, -0.1) is 0 Å². The Morgan fingerprint density at radius 3 is 2.42 bits per heavy atom. The zero-order chi connectivity index (χ0) is 14.0. The van der Waals surface area contributed by atoms with Crippen LogP contribution >= 0.6 is 0 Å². The average Bonchev–Trinajstić information content (AvgIpc) is 2.30. The van der Waals surface area contributed by atoms with Gasteiger partial charge in [-0.1, -0.05) is 46.1 Å². The Kier molecular flexibility index (Phi) is 4.86. The van der Waals surface area contributed by atoms with Crippen LogP contribution in [0.3, 0.4) is 0 Å². The molecule has 0 amide bonds. The number of dihydropyridines is 1. The van der Waals surface area contributed by atoms with Gasteiger partial charge in [-0.2, -0.15) is 0 Å². The summed E-state index contributed by atoms with van der Waals surface area (Å²) in [4.78, 5) is 4.80. The molecule has 108 valence electrons. The van der Waals surface area contributed by atoms with E-state index in [9.17, 15) is 0 Å². The minimum Gasteiger partial charge on any atom is -0.289 e. The topological polar surface area (TPSA) is 12.4 Å². The SMILES string of the molecule is CC1=NCC(C(C)C)=C2CCC(C(C)C)CCCC12. The van der Waals surface area contributed by atoms with Crippen LogP contribution in [0.1, 0.15) is 66.7 Å². The van der Waals surface area contributed by atoms with Crippen LogP contribution in [-0.4, -0.2) is 12.3 Å². The predicted octanol–water partition coefficient (Wildman–Crippen LogP) is 5.27. The zero-order valence-electron chi connectivity index (χ0n) is 13.5. The van der Waals surface area contributed by atoms with E-state index >= 15 is 0 Å². The molecule has 1 aliphatic heterocycles. The van der Waals surface area contributed by atoms with Gasteiger partial charge < -0.3 is 0 Å². The van der Waals surface area contributed by atoms with Crippen molar-refractivity contribution < 1.29 is 0 Å². The third-order valence-corrected chi connectivity index (χ3v) is 5.33. The third kappa shape index (κ3) is 3.30. The lowest BCUT2D eigenvalue weighted by Crippen LogP contribution is -2.26. The minimum absolute atomic E-state index is 0.672. The molecule has 0 N–H and O–H groups in total. The molecule has 1 heteroatoms. The summed E-state index contributed by atoms with van der Waals surface area (Å²) in [5.41, 5.74) is 4.83. The van der Waals surface area contributed by atoms with Crippen molar-refractivity contribution >= 4 is 5.71 Å². The fourth-order valence-corrected chi connectivity index (χ4v) is 3.90. The highest BCUT2D eigenvalue weighted by molar-refractivity contribution is 5.88. The summed E-state index contributed by atoms with van der Waals surface area (Å²) in [6.45, 7) is 12.7. The summed E-state index contributed by atoms with van der Waals surface area (Å²) in [7, 11) is 0. The highest BCUT2D eigenvalue weighted by atomic mass is 14.8. The normalized spacial score (nSPS) is 29.1. The second-order valence-electron chi connectivity index (χ2n) is 7.19. The lowest BCUT2D eigenvalue weighted by atomic mass is 9.73. The summed E-state index contributed by atoms with van der Waals surface area (Å²) in [5, 5.41) is 0. The molecule has 1 aliphatic carbocycles. The maximum atomic E-state index is 4.80. The van der Waals surface area contributed by atoms with Crippen molar-refractivity contribution in [1.29, 1.82) is 0 Å². The molecule has 0 aromatic heterocycles. The number of allylic oxidation sites excluding steroid dienone is 1. The quantitative estimate of drug-likeness (QED) is 0.601. The van der Waals surface area contributed by atoms with Crippen LogP contribution in [0.4, 0.5) is 0 Å². The van der Waals surface area contributed by atoms with Gasteiger partial charge in [0.1, 0.15) is 0 Å². The van der Waals surface area contributed by atoms with Gasteiger partial charge in [0, 0.05) is 11.6 Å². The van der Waals surface area contributed by atoms with E-state index in [0.717, 1.165) is 18.4 Å². The third-order valence-electron chi connectivity index (χ3n) is 5.33. The van der Waals surface area contributed by atoms with Gasteiger partial charge in [0.05, 0.1) is 6.54 Å². The van der Waals surface area contributed by atoms with Crippen LogP contribution < -0.4 is 0 Å². The second kappa shape index (κ2) is 6.24. The van der Waals surface area contributed by atoms with Crippen molar-refractivity contribution in [2.75, 3.05) is 6.54 Å². The van der Waals surface area contributed by atoms with Gasteiger partial charge in [-0.25, -0.2) is 0 Å². The molecule has 0 saturated heterocycles. The fourth-order valence-electron chi connectivity index (χ4n) is 3.90. The van der Waals surface area contributed by atoms with E-state index in [2.05, 4.69) is 34.6 Å². The van der Waals surface area contributed by atoms with Crippen molar-refractivity contribution in [2.45, 2.75) is 66.7 Å². The summed E-state index contributed by atoms with van der Waals surface area (Å²) in [6, 6.07) is 0. The molecule has 1 fully saturated rings. The Morgan fingerprint density at radius 1 is 1.05 bits per heavy atom. The molecular formula is C18H31N. The number of fused-ring (bicyclic) bond motifs is 1. The number of hydrogen-bond donors (Lipinski definition) is 0. The molecule has 2 atom stereocenters. The van der Waals surface area contributed by atoms with E-state index in [1.807, 2.05) is 0 Å². The van der Waals surface area contributed by atoms with Crippen LogP contribution in [0.2, 0.25) is 0 Å². The average molecular weight is 261 g/mol. The molecular weight excluding hydrogens is 230 g/mol. The molecule has 0 aromatic rings. The Labute approximate surface area is 119 Å². The molecule has 19 heavy (non-hydrogen) atoms. The smallest absolute Gasteiger partial charge is 0.0604 e. The van der Waals surface area contributed by atoms with Crippen LogP contribution in [0.5, 0.6) is 0 Å². The van der Waals surface area contributed by atoms with E-state index in [1.165, 1.54) is 37.8 Å². The van der Waals surface area contributed by atoms with Crippen LogP contribution in [0, 0.1) is 23.7 Å². The fraction of sp³-hybridized carbons (Fsp3) is 0.833. The monoisotopic (exact) mass is 261 g/mol. The number of nitrogens with zero attached hydrogens (tertiary/aromatic N) is 1. The van der Waals surface area contributed by atoms with E-state index < -0.39 is 0 Å². The molecule has 1 heterocycles. The molecule has 1 saturated carbocycles. The lowest BCUT2D eigenvalue weighted by Gasteiger charge is -2.34. The number of aliphatic imine (C=N–C) groups is 1. The summed E-state index contributed by atoms with van der Waals surface area (Å²) in [6.07, 6.45) is 6.87. The van der Waals surface area contributed by atoms with Gasteiger partial charge in [0.2, 0.25) is 0 Å². The second-order valence-corrected chi connectivity index (χ2v) is 7.19.